The Morgan fingerprint density at radius 1 is 1.00 bits per heavy atom. The standard InChI is InChI=1S/C22H26N2O3/c1-17(22(26)24-14-6-3-7-15-24)23-21(25)19-10-12-20(13-11-19)27-16-18-8-4-2-5-9-18/h2,4-5,8-13,17H,3,6-7,14-16H2,1H3,(H,23,25)/t17-/m1/s1. The molecule has 5 heteroatoms. The Balaban J connectivity index is 1.51. The summed E-state index contributed by atoms with van der Waals surface area (Å²) in [5, 5.41) is 2.80. The SMILES string of the molecule is C[C@@H](NC(=O)c1ccc(OCc2ccccc2)cc1)C(=O)N1CCCCC1. The molecule has 1 atom stereocenters. The van der Waals surface area contributed by atoms with Crippen molar-refractivity contribution in [3.8, 4) is 5.75 Å². The van der Waals surface area contributed by atoms with Crippen LogP contribution in [-0.2, 0) is 11.4 Å². The number of rotatable bonds is 6. The first-order valence-electron chi connectivity index (χ1n) is 9.50. The molecule has 142 valence electrons. The summed E-state index contributed by atoms with van der Waals surface area (Å²) >= 11 is 0. The zero-order valence-electron chi connectivity index (χ0n) is 15.7. The largest absolute Gasteiger partial charge is 0.489 e. The molecule has 1 N–H and O–H groups in total. The smallest absolute Gasteiger partial charge is 0.251 e. The van der Waals surface area contributed by atoms with Crippen molar-refractivity contribution < 1.29 is 14.3 Å². The maximum absolute atomic E-state index is 12.4. The quantitative estimate of drug-likeness (QED) is 0.852. The van der Waals surface area contributed by atoms with Gasteiger partial charge in [-0.25, -0.2) is 0 Å². The van der Waals surface area contributed by atoms with Crippen LogP contribution in [0, 0.1) is 0 Å². The maximum Gasteiger partial charge on any atom is 0.251 e. The third kappa shape index (κ3) is 5.33. The second-order valence-electron chi connectivity index (χ2n) is 6.88. The molecule has 1 aliphatic rings. The van der Waals surface area contributed by atoms with Crippen LogP contribution in [-0.4, -0.2) is 35.8 Å². The number of nitrogens with zero attached hydrogens (tertiary/aromatic N) is 1. The molecule has 1 saturated heterocycles. The molecule has 1 aliphatic heterocycles. The van der Waals surface area contributed by atoms with Crippen molar-refractivity contribution in [1.82, 2.24) is 10.2 Å². The molecule has 27 heavy (non-hydrogen) atoms. The van der Waals surface area contributed by atoms with E-state index in [0.717, 1.165) is 31.5 Å². The van der Waals surface area contributed by atoms with E-state index in [0.29, 0.717) is 17.9 Å². The van der Waals surface area contributed by atoms with Crippen LogP contribution in [0.1, 0.15) is 42.1 Å². The fourth-order valence-electron chi connectivity index (χ4n) is 3.17. The number of ether oxygens (including phenoxy) is 1. The number of amides is 2. The Kier molecular flexibility index (Phi) is 6.47. The lowest BCUT2D eigenvalue weighted by atomic mass is 10.1. The van der Waals surface area contributed by atoms with E-state index in [1.807, 2.05) is 35.2 Å². The summed E-state index contributed by atoms with van der Waals surface area (Å²) in [6, 6.07) is 16.4. The van der Waals surface area contributed by atoms with E-state index in [9.17, 15) is 9.59 Å². The Hall–Kier alpha value is -2.82. The Labute approximate surface area is 160 Å². The van der Waals surface area contributed by atoms with Crippen LogP contribution >= 0.6 is 0 Å². The summed E-state index contributed by atoms with van der Waals surface area (Å²) < 4.78 is 5.73. The summed E-state index contributed by atoms with van der Waals surface area (Å²) in [6.07, 6.45) is 3.25. The second-order valence-corrected chi connectivity index (χ2v) is 6.88. The molecule has 0 aromatic heterocycles. The number of carbonyl (C=O) groups excluding carboxylic acids is 2. The molecule has 2 aromatic carbocycles. The first kappa shape index (κ1) is 19.0. The van der Waals surface area contributed by atoms with E-state index >= 15 is 0 Å². The molecule has 0 radical (unpaired) electrons. The second kappa shape index (κ2) is 9.21. The Bertz CT molecular complexity index is 753. The van der Waals surface area contributed by atoms with Crippen LogP contribution in [0.25, 0.3) is 0 Å². The monoisotopic (exact) mass is 366 g/mol. The van der Waals surface area contributed by atoms with Crippen molar-refractivity contribution in [3.63, 3.8) is 0 Å². The normalized spacial score (nSPS) is 15.1. The number of nitrogens with one attached hydrogen (secondary N) is 1. The van der Waals surface area contributed by atoms with E-state index in [4.69, 9.17) is 4.74 Å². The molecular weight excluding hydrogens is 340 g/mol. The van der Waals surface area contributed by atoms with Crippen molar-refractivity contribution in [2.45, 2.75) is 38.8 Å². The highest BCUT2D eigenvalue weighted by molar-refractivity contribution is 5.97. The van der Waals surface area contributed by atoms with Gasteiger partial charge in [0.25, 0.3) is 5.91 Å². The van der Waals surface area contributed by atoms with Crippen LogP contribution in [0.3, 0.4) is 0 Å². The lowest BCUT2D eigenvalue weighted by Crippen LogP contribution is -2.48. The lowest BCUT2D eigenvalue weighted by Gasteiger charge is -2.29. The number of hydrogen-bond acceptors (Lipinski definition) is 3. The van der Waals surface area contributed by atoms with Crippen molar-refractivity contribution in [2.75, 3.05) is 13.1 Å². The van der Waals surface area contributed by atoms with Gasteiger partial charge in [0.2, 0.25) is 5.91 Å². The van der Waals surface area contributed by atoms with Crippen molar-refractivity contribution >= 4 is 11.8 Å². The molecular formula is C22H26N2O3. The molecule has 2 amide bonds. The minimum absolute atomic E-state index is 0.00846. The van der Waals surface area contributed by atoms with Gasteiger partial charge in [-0.3, -0.25) is 9.59 Å². The summed E-state index contributed by atoms with van der Waals surface area (Å²) in [5.41, 5.74) is 1.60. The third-order valence-corrected chi connectivity index (χ3v) is 4.75. The van der Waals surface area contributed by atoms with Crippen molar-refractivity contribution in [2.24, 2.45) is 0 Å². The summed E-state index contributed by atoms with van der Waals surface area (Å²) in [4.78, 5) is 26.7. The molecule has 0 spiro atoms. The highest BCUT2D eigenvalue weighted by Crippen LogP contribution is 2.15. The molecule has 5 nitrogen and oxygen atoms in total. The third-order valence-electron chi connectivity index (χ3n) is 4.75. The highest BCUT2D eigenvalue weighted by atomic mass is 16.5. The van der Waals surface area contributed by atoms with Crippen molar-refractivity contribution in [3.05, 3.63) is 65.7 Å². The minimum Gasteiger partial charge on any atom is -0.489 e. The van der Waals surface area contributed by atoms with Gasteiger partial charge in [0.1, 0.15) is 18.4 Å². The fraction of sp³-hybridized carbons (Fsp3) is 0.364. The topological polar surface area (TPSA) is 58.6 Å². The maximum atomic E-state index is 12.4. The van der Waals surface area contributed by atoms with Crippen LogP contribution < -0.4 is 10.1 Å². The van der Waals surface area contributed by atoms with E-state index < -0.39 is 6.04 Å². The van der Waals surface area contributed by atoms with Crippen molar-refractivity contribution in [1.29, 1.82) is 0 Å². The van der Waals surface area contributed by atoms with Gasteiger partial charge in [0.15, 0.2) is 0 Å². The molecule has 3 rings (SSSR count). The van der Waals surface area contributed by atoms with Crippen LogP contribution in [0.15, 0.2) is 54.6 Å². The Morgan fingerprint density at radius 3 is 2.33 bits per heavy atom. The average Bonchev–Trinajstić information content (AvgIpc) is 2.73. The number of benzene rings is 2. The van der Waals surface area contributed by atoms with Gasteiger partial charge in [0, 0.05) is 18.7 Å². The van der Waals surface area contributed by atoms with E-state index in [2.05, 4.69) is 5.32 Å². The van der Waals surface area contributed by atoms with E-state index in [-0.39, 0.29) is 11.8 Å². The summed E-state index contributed by atoms with van der Waals surface area (Å²) in [5.74, 6) is 0.446. The first-order valence-corrected chi connectivity index (χ1v) is 9.50. The molecule has 1 fully saturated rings. The number of likely N-dealkylation sites (tertiary alicyclic amines) is 1. The average molecular weight is 366 g/mol. The summed E-state index contributed by atoms with van der Waals surface area (Å²) in [7, 11) is 0. The van der Waals surface area contributed by atoms with Gasteiger partial charge >= 0.3 is 0 Å². The molecule has 0 bridgehead atoms. The molecule has 0 saturated carbocycles. The fourth-order valence-corrected chi connectivity index (χ4v) is 3.17. The zero-order valence-corrected chi connectivity index (χ0v) is 15.7. The molecule has 0 unspecified atom stereocenters. The number of carbonyl (C=O) groups is 2. The van der Waals surface area contributed by atoms with Gasteiger partial charge in [-0.15, -0.1) is 0 Å². The van der Waals surface area contributed by atoms with E-state index in [1.54, 1.807) is 31.2 Å². The predicted molar refractivity (Wildman–Crippen MR) is 105 cm³/mol. The van der Waals surface area contributed by atoms with Gasteiger partial charge in [-0.05, 0) is 56.0 Å². The van der Waals surface area contributed by atoms with Gasteiger partial charge in [-0.1, -0.05) is 30.3 Å². The zero-order chi connectivity index (χ0) is 19.1. The van der Waals surface area contributed by atoms with Gasteiger partial charge < -0.3 is 15.0 Å². The van der Waals surface area contributed by atoms with Gasteiger partial charge in [-0.2, -0.15) is 0 Å². The minimum atomic E-state index is -0.524. The number of piperidine rings is 1. The van der Waals surface area contributed by atoms with Gasteiger partial charge in [0.05, 0.1) is 0 Å². The Morgan fingerprint density at radius 2 is 1.67 bits per heavy atom. The predicted octanol–water partition coefficient (Wildman–Crippen LogP) is 3.40. The first-order chi connectivity index (χ1) is 13.1. The number of hydrogen-bond donors (Lipinski definition) is 1. The summed E-state index contributed by atoms with van der Waals surface area (Å²) in [6.45, 7) is 3.79. The highest BCUT2D eigenvalue weighted by Gasteiger charge is 2.23. The molecule has 1 heterocycles. The van der Waals surface area contributed by atoms with Crippen LogP contribution in [0.2, 0.25) is 0 Å². The molecule has 0 aliphatic carbocycles. The van der Waals surface area contributed by atoms with Crippen LogP contribution in [0.5, 0.6) is 5.75 Å². The lowest BCUT2D eigenvalue weighted by molar-refractivity contribution is -0.133. The van der Waals surface area contributed by atoms with Crippen LogP contribution in [0.4, 0.5) is 0 Å². The molecule has 2 aromatic rings. The van der Waals surface area contributed by atoms with E-state index in [1.165, 1.54) is 6.42 Å².